The SMILES string of the molecule is Cc1cccc(P(c2ccc(C(F)(F)F)cc2)c2ccc(C(F)(F)F)cc2)n1. The van der Waals surface area contributed by atoms with Gasteiger partial charge >= 0.3 is 12.4 Å². The van der Waals surface area contributed by atoms with E-state index in [0.717, 1.165) is 24.3 Å². The summed E-state index contributed by atoms with van der Waals surface area (Å²) < 4.78 is 77.2. The Labute approximate surface area is 158 Å². The van der Waals surface area contributed by atoms with Gasteiger partial charge in [-0.1, -0.05) is 30.3 Å². The molecule has 3 aromatic rings. The lowest BCUT2D eigenvalue weighted by molar-refractivity contribution is -0.138. The number of hydrogen-bond donors (Lipinski definition) is 0. The van der Waals surface area contributed by atoms with Crippen LogP contribution in [0.3, 0.4) is 0 Å². The molecule has 0 bridgehead atoms. The van der Waals surface area contributed by atoms with Crippen molar-refractivity contribution in [1.29, 1.82) is 0 Å². The predicted molar refractivity (Wildman–Crippen MR) is 97.7 cm³/mol. The number of hydrogen-bond acceptors (Lipinski definition) is 1. The Morgan fingerprint density at radius 2 is 1.07 bits per heavy atom. The molecule has 0 aliphatic carbocycles. The lowest BCUT2D eigenvalue weighted by Gasteiger charge is -2.20. The Morgan fingerprint density at radius 3 is 1.43 bits per heavy atom. The zero-order chi connectivity index (χ0) is 20.5. The average Bonchev–Trinajstić information content (AvgIpc) is 2.61. The molecule has 0 N–H and O–H groups in total. The number of aryl methyl sites for hydroxylation is 1. The molecule has 0 fully saturated rings. The highest BCUT2D eigenvalue weighted by atomic mass is 31.1. The van der Waals surface area contributed by atoms with Gasteiger partial charge in [-0.15, -0.1) is 0 Å². The molecule has 0 saturated carbocycles. The molecule has 2 aromatic carbocycles. The van der Waals surface area contributed by atoms with E-state index in [4.69, 9.17) is 0 Å². The van der Waals surface area contributed by atoms with Crippen molar-refractivity contribution >= 4 is 24.0 Å². The van der Waals surface area contributed by atoms with Crippen molar-refractivity contribution in [1.82, 2.24) is 4.98 Å². The van der Waals surface area contributed by atoms with E-state index in [0.29, 0.717) is 21.7 Å². The summed E-state index contributed by atoms with van der Waals surface area (Å²) in [7, 11) is -1.40. The maximum atomic E-state index is 12.9. The second-order valence-corrected chi connectivity index (χ2v) is 8.22. The molecule has 0 amide bonds. The number of nitrogens with zero attached hydrogens (tertiary/aromatic N) is 1. The van der Waals surface area contributed by atoms with Gasteiger partial charge in [-0.05, 0) is 53.9 Å². The number of aromatic nitrogens is 1. The molecule has 0 saturated heterocycles. The number of benzene rings is 2. The minimum Gasteiger partial charge on any atom is -0.253 e. The molecule has 0 spiro atoms. The third kappa shape index (κ3) is 4.53. The number of pyridine rings is 1. The van der Waals surface area contributed by atoms with Crippen LogP contribution < -0.4 is 16.0 Å². The lowest BCUT2D eigenvalue weighted by Crippen LogP contribution is -2.24. The Balaban J connectivity index is 2.08. The molecule has 3 rings (SSSR count). The molecule has 8 heteroatoms. The van der Waals surface area contributed by atoms with Crippen LogP contribution in [0.25, 0.3) is 0 Å². The minimum atomic E-state index is -4.46. The van der Waals surface area contributed by atoms with Crippen molar-refractivity contribution in [3.05, 3.63) is 83.6 Å². The van der Waals surface area contributed by atoms with E-state index in [9.17, 15) is 26.3 Å². The lowest BCUT2D eigenvalue weighted by atomic mass is 10.2. The van der Waals surface area contributed by atoms with Gasteiger partial charge in [-0.3, -0.25) is 4.98 Å². The highest BCUT2D eigenvalue weighted by Gasteiger charge is 2.32. The van der Waals surface area contributed by atoms with Gasteiger partial charge in [-0.25, -0.2) is 0 Å². The van der Waals surface area contributed by atoms with Crippen LogP contribution in [0.2, 0.25) is 0 Å². The van der Waals surface area contributed by atoms with E-state index >= 15 is 0 Å². The molecule has 0 radical (unpaired) electrons. The quantitative estimate of drug-likeness (QED) is 0.426. The van der Waals surface area contributed by atoms with Gasteiger partial charge in [0.05, 0.1) is 16.6 Å². The van der Waals surface area contributed by atoms with Crippen molar-refractivity contribution < 1.29 is 26.3 Å². The Morgan fingerprint density at radius 1 is 0.643 bits per heavy atom. The maximum absolute atomic E-state index is 12.9. The highest BCUT2D eigenvalue weighted by molar-refractivity contribution is 7.79. The molecule has 0 aliphatic rings. The van der Waals surface area contributed by atoms with Crippen LogP contribution in [0, 0.1) is 6.92 Å². The Kier molecular flexibility index (Phi) is 5.48. The standard InChI is InChI=1S/C20H14F6NP/c1-13-3-2-4-18(27-13)28(16-9-5-14(6-10-16)19(21,22)23)17-11-7-15(8-12-17)20(24,25)26/h2-12H,1H3. The fraction of sp³-hybridized carbons (Fsp3) is 0.150. The number of halogens is 6. The monoisotopic (exact) mass is 413 g/mol. The maximum Gasteiger partial charge on any atom is 0.416 e. The number of alkyl halides is 6. The summed E-state index contributed by atoms with van der Waals surface area (Å²) in [6, 6.07) is 14.6. The average molecular weight is 413 g/mol. The predicted octanol–water partition coefficient (Wildman–Crippen LogP) is 5.19. The van der Waals surface area contributed by atoms with Crippen LogP contribution in [-0.4, -0.2) is 4.98 Å². The van der Waals surface area contributed by atoms with Gasteiger partial charge in [0.25, 0.3) is 0 Å². The van der Waals surface area contributed by atoms with E-state index in [1.807, 2.05) is 0 Å². The first-order valence-electron chi connectivity index (χ1n) is 8.14. The first-order chi connectivity index (χ1) is 13.1. The summed E-state index contributed by atoms with van der Waals surface area (Å²) in [5.74, 6) is 0. The summed E-state index contributed by atoms with van der Waals surface area (Å²) in [5.41, 5.74) is -0.245. The number of rotatable bonds is 3. The third-order valence-electron chi connectivity index (χ3n) is 4.01. The van der Waals surface area contributed by atoms with Crippen molar-refractivity contribution in [3.8, 4) is 0 Å². The van der Waals surface area contributed by atoms with Gasteiger partial charge in [-0.2, -0.15) is 26.3 Å². The van der Waals surface area contributed by atoms with Gasteiger partial charge in [0, 0.05) is 13.6 Å². The molecular weight excluding hydrogens is 399 g/mol. The molecule has 0 atom stereocenters. The molecule has 0 aliphatic heterocycles. The largest absolute Gasteiger partial charge is 0.416 e. The second-order valence-electron chi connectivity index (χ2n) is 6.06. The van der Waals surface area contributed by atoms with Crippen LogP contribution in [0.1, 0.15) is 16.8 Å². The topological polar surface area (TPSA) is 12.9 Å². The smallest absolute Gasteiger partial charge is 0.253 e. The van der Waals surface area contributed by atoms with Crippen molar-refractivity contribution in [2.45, 2.75) is 19.3 Å². The van der Waals surface area contributed by atoms with Crippen LogP contribution in [-0.2, 0) is 12.4 Å². The molecule has 146 valence electrons. The zero-order valence-electron chi connectivity index (χ0n) is 14.5. The highest BCUT2D eigenvalue weighted by Crippen LogP contribution is 2.36. The van der Waals surface area contributed by atoms with Gasteiger partial charge in [0.2, 0.25) is 0 Å². The van der Waals surface area contributed by atoms with Crippen molar-refractivity contribution in [2.75, 3.05) is 0 Å². The van der Waals surface area contributed by atoms with Crippen LogP contribution in [0.4, 0.5) is 26.3 Å². The van der Waals surface area contributed by atoms with Crippen molar-refractivity contribution in [3.63, 3.8) is 0 Å². The summed E-state index contributed by atoms with van der Waals surface area (Å²) >= 11 is 0. The van der Waals surface area contributed by atoms with E-state index in [2.05, 4.69) is 4.98 Å². The van der Waals surface area contributed by atoms with Gasteiger partial charge in [0.1, 0.15) is 0 Å². The second kappa shape index (κ2) is 7.55. The zero-order valence-corrected chi connectivity index (χ0v) is 15.4. The fourth-order valence-corrected chi connectivity index (χ4v) is 4.88. The van der Waals surface area contributed by atoms with E-state index in [1.165, 1.54) is 24.3 Å². The fourth-order valence-electron chi connectivity index (χ4n) is 2.67. The van der Waals surface area contributed by atoms with Gasteiger partial charge < -0.3 is 0 Å². The van der Waals surface area contributed by atoms with Crippen LogP contribution in [0.5, 0.6) is 0 Å². The normalized spacial score (nSPS) is 12.4. The summed E-state index contributed by atoms with van der Waals surface area (Å²) in [6.45, 7) is 1.77. The van der Waals surface area contributed by atoms with E-state index < -0.39 is 31.4 Å². The van der Waals surface area contributed by atoms with Gasteiger partial charge in [0.15, 0.2) is 0 Å². The molecule has 0 unspecified atom stereocenters. The molecule has 1 nitrogen and oxygen atoms in total. The summed E-state index contributed by atoms with van der Waals surface area (Å²) in [4.78, 5) is 4.45. The van der Waals surface area contributed by atoms with Crippen LogP contribution in [0.15, 0.2) is 66.7 Å². The first kappa shape index (κ1) is 20.3. The molecule has 28 heavy (non-hydrogen) atoms. The van der Waals surface area contributed by atoms with E-state index in [-0.39, 0.29) is 0 Å². The van der Waals surface area contributed by atoms with Crippen molar-refractivity contribution in [2.24, 2.45) is 0 Å². The van der Waals surface area contributed by atoms with Crippen LogP contribution >= 0.6 is 7.92 Å². The molecule has 1 heterocycles. The molecule has 1 aromatic heterocycles. The third-order valence-corrected chi connectivity index (χ3v) is 6.34. The summed E-state index contributed by atoms with van der Waals surface area (Å²) in [6.07, 6.45) is -8.92. The Hall–Kier alpha value is -2.40. The first-order valence-corrected chi connectivity index (χ1v) is 9.48. The Bertz CT molecular complexity index is 889. The minimum absolute atomic E-state index is 0.570. The summed E-state index contributed by atoms with van der Waals surface area (Å²) in [5, 5.41) is 1.14. The van der Waals surface area contributed by atoms with E-state index in [1.54, 1.807) is 25.1 Å². The molecular formula is C20H14F6NP.